The lowest BCUT2D eigenvalue weighted by Crippen LogP contribution is -2.27. The zero-order valence-electron chi connectivity index (χ0n) is 11.5. The fourth-order valence-electron chi connectivity index (χ4n) is 2.17. The van der Waals surface area contributed by atoms with E-state index < -0.39 is 10.0 Å². The molecular weight excluding hydrogens is 280 g/mol. The maximum absolute atomic E-state index is 12.1. The molecule has 114 valence electrons. The highest BCUT2D eigenvalue weighted by Gasteiger charge is 2.19. The smallest absolute Gasteiger partial charge is 0.243 e. The molecule has 0 saturated carbocycles. The molecule has 1 saturated heterocycles. The predicted molar refractivity (Wildman–Crippen MR) is 74.7 cm³/mol. The van der Waals surface area contributed by atoms with Gasteiger partial charge in [-0.15, -0.1) is 0 Å². The third-order valence-corrected chi connectivity index (χ3v) is 4.71. The normalized spacial score (nSPS) is 19.6. The first kappa shape index (κ1) is 15.4. The van der Waals surface area contributed by atoms with Crippen molar-refractivity contribution in [2.24, 2.45) is 5.73 Å². The van der Waals surface area contributed by atoms with Crippen LogP contribution in [0.4, 0.5) is 0 Å². The van der Waals surface area contributed by atoms with Crippen molar-refractivity contribution in [3.8, 4) is 0 Å². The molecule has 0 aromatic carbocycles. The molecule has 0 aliphatic carbocycles. The molecule has 0 amide bonds. The minimum Gasteiger partial charge on any atom is -0.378 e. The highest BCUT2D eigenvalue weighted by molar-refractivity contribution is 7.89. The molecule has 0 spiro atoms. The summed E-state index contributed by atoms with van der Waals surface area (Å²) in [6.45, 7) is 2.36. The summed E-state index contributed by atoms with van der Waals surface area (Å²) >= 11 is 0. The van der Waals surface area contributed by atoms with Crippen LogP contribution in [0.15, 0.2) is 17.3 Å². The van der Waals surface area contributed by atoms with Gasteiger partial charge in [0.1, 0.15) is 4.90 Å². The number of aryl methyl sites for hydroxylation is 1. The summed E-state index contributed by atoms with van der Waals surface area (Å²) in [5, 5.41) is 4.02. The number of aromatic nitrogens is 2. The molecule has 1 aromatic rings. The Labute approximate surface area is 119 Å². The van der Waals surface area contributed by atoms with E-state index in [1.54, 1.807) is 4.68 Å². The Morgan fingerprint density at radius 2 is 2.40 bits per heavy atom. The van der Waals surface area contributed by atoms with Crippen LogP contribution in [0.1, 0.15) is 25.7 Å². The van der Waals surface area contributed by atoms with Gasteiger partial charge in [0.25, 0.3) is 0 Å². The van der Waals surface area contributed by atoms with Crippen LogP contribution >= 0.6 is 0 Å². The topological polar surface area (TPSA) is 99.2 Å². The van der Waals surface area contributed by atoms with Crippen LogP contribution in [-0.2, 0) is 21.3 Å². The van der Waals surface area contributed by atoms with Crippen molar-refractivity contribution in [2.75, 3.05) is 19.7 Å². The number of rotatable bonds is 8. The van der Waals surface area contributed by atoms with Crippen LogP contribution in [0.3, 0.4) is 0 Å². The van der Waals surface area contributed by atoms with Gasteiger partial charge in [-0.25, -0.2) is 13.1 Å². The van der Waals surface area contributed by atoms with Gasteiger partial charge in [0.15, 0.2) is 0 Å². The molecule has 1 aliphatic rings. The molecule has 1 fully saturated rings. The van der Waals surface area contributed by atoms with Crippen molar-refractivity contribution in [1.82, 2.24) is 14.5 Å². The van der Waals surface area contributed by atoms with Gasteiger partial charge in [0.05, 0.1) is 12.3 Å². The SMILES string of the molecule is NCCCn1cc(S(=O)(=O)NCCC2CCCO2)cn1. The van der Waals surface area contributed by atoms with Gasteiger partial charge in [-0.2, -0.15) is 5.10 Å². The van der Waals surface area contributed by atoms with Gasteiger partial charge in [0.2, 0.25) is 10.0 Å². The van der Waals surface area contributed by atoms with E-state index in [9.17, 15) is 8.42 Å². The van der Waals surface area contributed by atoms with E-state index in [1.807, 2.05) is 0 Å². The number of ether oxygens (including phenoxy) is 1. The van der Waals surface area contributed by atoms with Crippen molar-refractivity contribution in [3.63, 3.8) is 0 Å². The summed E-state index contributed by atoms with van der Waals surface area (Å²) < 4.78 is 33.8. The zero-order chi connectivity index (χ0) is 14.4. The van der Waals surface area contributed by atoms with E-state index in [4.69, 9.17) is 10.5 Å². The van der Waals surface area contributed by atoms with Gasteiger partial charge in [-0.3, -0.25) is 4.68 Å². The van der Waals surface area contributed by atoms with Gasteiger partial charge in [0, 0.05) is 25.9 Å². The summed E-state index contributed by atoms with van der Waals surface area (Å²) in [7, 11) is -3.48. The lowest BCUT2D eigenvalue weighted by Gasteiger charge is -2.09. The summed E-state index contributed by atoms with van der Waals surface area (Å²) in [6, 6.07) is 0. The second-order valence-corrected chi connectivity index (χ2v) is 6.67. The highest BCUT2D eigenvalue weighted by Crippen LogP contribution is 2.15. The lowest BCUT2D eigenvalue weighted by molar-refractivity contribution is 0.105. The average Bonchev–Trinajstić information content (AvgIpc) is 3.07. The Morgan fingerprint density at radius 1 is 1.55 bits per heavy atom. The van der Waals surface area contributed by atoms with Crippen molar-refractivity contribution >= 4 is 10.0 Å². The number of nitrogens with zero attached hydrogens (tertiary/aromatic N) is 2. The highest BCUT2D eigenvalue weighted by atomic mass is 32.2. The molecule has 1 atom stereocenters. The summed E-state index contributed by atoms with van der Waals surface area (Å²) in [4.78, 5) is 0.196. The van der Waals surface area contributed by atoms with Gasteiger partial charge >= 0.3 is 0 Å². The number of nitrogens with two attached hydrogens (primary N) is 1. The second kappa shape index (κ2) is 7.16. The van der Waals surface area contributed by atoms with Crippen molar-refractivity contribution in [1.29, 1.82) is 0 Å². The lowest BCUT2D eigenvalue weighted by atomic mass is 10.2. The molecule has 2 rings (SSSR count). The monoisotopic (exact) mass is 302 g/mol. The molecule has 8 heteroatoms. The molecular formula is C12H22N4O3S. The zero-order valence-corrected chi connectivity index (χ0v) is 12.3. The Bertz CT molecular complexity index is 509. The molecule has 1 unspecified atom stereocenters. The predicted octanol–water partition coefficient (Wildman–Crippen LogP) is 0.0793. The first-order chi connectivity index (χ1) is 9.62. The van der Waals surface area contributed by atoms with Crippen LogP contribution in [0.2, 0.25) is 0 Å². The molecule has 1 aromatic heterocycles. The van der Waals surface area contributed by atoms with Gasteiger partial charge in [-0.1, -0.05) is 0 Å². The van der Waals surface area contributed by atoms with E-state index in [-0.39, 0.29) is 11.0 Å². The van der Waals surface area contributed by atoms with E-state index in [1.165, 1.54) is 12.4 Å². The van der Waals surface area contributed by atoms with Crippen LogP contribution in [0.25, 0.3) is 0 Å². The van der Waals surface area contributed by atoms with Crippen molar-refractivity contribution in [3.05, 3.63) is 12.4 Å². The van der Waals surface area contributed by atoms with Gasteiger partial charge < -0.3 is 10.5 Å². The number of hydrogen-bond acceptors (Lipinski definition) is 5. The Morgan fingerprint density at radius 3 is 3.10 bits per heavy atom. The molecule has 2 heterocycles. The number of nitrogens with one attached hydrogen (secondary N) is 1. The van der Waals surface area contributed by atoms with Crippen LogP contribution in [0.5, 0.6) is 0 Å². The summed E-state index contributed by atoms with van der Waals surface area (Å²) in [5.74, 6) is 0. The van der Waals surface area contributed by atoms with Crippen LogP contribution in [-0.4, -0.2) is 44.0 Å². The van der Waals surface area contributed by atoms with Crippen LogP contribution in [0, 0.1) is 0 Å². The Hall–Kier alpha value is -0.960. The fraction of sp³-hybridized carbons (Fsp3) is 0.750. The fourth-order valence-corrected chi connectivity index (χ4v) is 3.17. The van der Waals surface area contributed by atoms with Crippen molar-refractivity contribution in [2.45, 2.75) is 43.2 Å². The van der Waals surface area contributed by atoms with E-state index in [0.29, 0.717) is 26.1 Å². The largest absolute Gasteiger partial charge is 0.378 e. The molecule has 20 heavy (non-hydrogen) atoms. The molecule has 0 bridgehead atoms. The molecule has 3 N–H and O–H groups in total. The third-order valence-electron chi connectivity index (χ3n) is 3.29. The molecule has 7 nitrogen and oxygen atoms in total. The van der Waals surface area contributed by atoms with E-state index >= 15 is 0 Å². The van der Waals surface area contributed by atoms with Crippen LogP contribution < -0.4 is 10.5 Å². The third kappa shape index (κ3) is 4.27. The standard InChI is InChI=1S/C12H22N4O3S/c13-5-2-7-16-10-12(9-14-16)20(17,18)15-6-4-11-3-1-8-19-11/h9-11,15H,1-8,13H2. The Balaban J connectivity index is 1.83. The van der Waals surface area contributed by atoms with Gasteiger partial charge in [-0.05, 0) is 32.2 Å². The number of sulfonamides is 1. The minimum atomic E-state index is -3.48. The summed E-state index contributed by atoms with van der Waals surface area (Å²) in [5.41, 5.74) is 5.41. The molecule has 0 radical (unpaired) electrons. The minimum absolute atomic E-state index is 0.185. The maximum atomic E-state index is 12.1. The average molecular weight is 302 g/mol. The van der Waals surface area contributed by atoms with E-state index in [2.05, 4.69) is 9.82 Å². The van der Waals surface area contributed by atoms with Crippen molar-refractivity contribution < 1.29 is 13.2 Å². The van der Waals surface area contributed by atoms with E-state index in [0.717, 1.165) is 25.9 Å². The summed E-state index contributed by atoms with van der Waals surface area (Å²) in [6.07, 6.45) is 6.64. The Kier molecular flexibility index (Phi) is 5.53. The first-order valence-electron chi connectivity index (χ1n) is 6.95. The quantitative estimate of drug-likeness (QED) is 0.708. The molecule has 1 aliphatic heterocycles. The maximum Gasteiger partial charge on any atom is 0.243 e. The number of hydrogen-bond donors (Lipinski definition) is 2. The first-order valence-corrected chi connectivity index (χ1v) is 8.44. The second-order valence-electron chi connectivity index (χ2n) is 4.90.